The Hall–Kier alpha value is -2.05. The summed E-state index contributed by atoms with van der Waals surface area (Å²) in [6, 6.07) is 0. The third-order valence-corrected chi connectivity index (χ3v) is 1.60. The Labute approximate surface area is 105 Å². The van der Waals surface area contributed by atoms with Gasteiger partial charge >= 0.3 is 12.1 Å². The smallest absolute Gasteiger partial charge is 0.414 e. The van der Waals surface area contributed by atoms with Crippen molar-refractivity contribution in [1.29, 1.82) is 0 Å². The maximum absolute atomic E-state index is 11.6. The minimum Gasteiger partial charge on any atom is -0.500 e. The quantitative estimate of drug-likeness (QED) is 0.249. The molecule has 0 spiro atoms. The van der Waals surface area contributed by atoms with Gasteiger partial charge in [-0.05, 0) is 20.8 Å². The second-order valence-electron chi connectivity index (χ2n) is 2.88. The lowest BCUT2D eigenvalue weighted by Crippen LogP contribution is -2.35. The van der Waals surface area contributed by atoms with Crippen molar-refractivity contribution >= 4 is 18.0 Å². The van der Waals surface area contributed by atoms with Gasteiger partial charge in [0, 0.05) is 0 Å². The number of rotatable bonds is 6. The van der Waals surface area contributed by atoms with Crippen LogP contribution in [0.5, 0.6) is 0 Å². The van der Waals surface area contributed by atoms with E-state index < -0.39 is 23.5 Å². The zero-order valence-electron chi connectivity index (χ0n) is 10.6. The fourth-order valence-corrected chi connectivity index (χ4v) is 0.897. The van der Waals surface area contributed by atoms with Crippen molar-refractivity contribution in [1.82, 2.24) is 5.32 Å². The second-order valence-corrected chi connectivity index (χ2v) is 2.88. The summed E-state index contributed by atoms with van der Waals surface area (Å²) < 4.78 is 14.0. The van der Waals surface area contributed by atoms with E-state index in [4.69, 9.17) is 4.74 Å². The average molecular weight is 259 g/mol. The number of carbonyl (C=O) groups is 3. The number of hydrogen-bond donors (Lipinski definition) is 1. The van der Waals surface area contributed by atoms with E-state index in [-0.39, 0.29) is 19.8 Å². The van der Waals surface area contributed by atoms with Gasteiger partial charge in [-0.15, -0.1) is 0 Å². The highest BCUT2D eigenvalue weighted by molar-refractivity contribution is 6.19. The zero-order valence-corrected chi connectivity index (χ0v) is 10.6. The zero-order chi connectivity index (χ0) is 14.0. The van der Waals surface area contributed by atoms with E-state index in [0.29, 0.717) is 0 Å². The van der Waals surface area contributed by atoms with Gasteiger partial charge in [-0.3, -0.25) is 10.1 Å². The van der Waals surface area contributed by atoms with Crippen LogP contribution >= 0.6 is 0 Å². The Morgan fingerprint density at radius 1 is 1.00 bits per heavy atom. The first-order chi connectivity index (χ1) is 8.56. The Balaban J connectivity index is 4.70. The van der Waals surface area contributed by atoms with Gasteiger partial charge in [0.25, 0.3) is 5.91 Å². The van der Waals surface area contributed by atoms with Crippen LogP contribution in [0, 0.1) is 0 Å². The van der Waals surface area contributed by atoms with Crippen LogP contribution < -0.4 is 5.32 Å². The average Bonchev–Trinajstić information content (AvgIpc) is 2.30. The molecule has 0 aromatic rings. The molecule has 0 aromatic heterocycles. The van der Waals surface area contributed by atoms with Crippen LogP contribution in [0.3, 0.4) is 0 Å². The molecule has 2 amide bonds. The molecule has 0 saturated heterocycles. The van der Waals surface area contributed by atoms with E-state index >= 15 is 0 Å². The van der Waals surface area contributed by atoms with Gasteiger partial charge in [-0.25, -0.2) is 9.59 Å². The van der Waals surface area contributed by atoms with Crippen LogP contribution in [0.25, 0.3) is 0 Å². The lowest BCUT2D eigenvalue weighted by Gasteiger charge is -2.07. The SMILES string of the molecule is CCO/C=C(/C(=O)NC(=O)OCC)C(=O)OCC. The molecule has 0 unspecified atom stereocenters. The Morgan fingerprint density at radius 2 is 1.61 bits per heavy atom. The molecule has 0 aliphatic carbocycles. The van der Waals surface area contributed by atoms with E-state index in [0.717, 1.165) is 6.26 Å². The molecule has 0 rings (SSSR count). The fourth-order valence-electron chi connectivity index (χ4n) is 0.897. The van der Waals surface area contributed by atoms with E-state index in [1.165, 1.54) is 0 Å². The van der Waals surface area contributed by atoms with Crippen molar-refractivity contribution in [2.75, 3.05) is 19.8 Å². The summed E-state index contributed by atoms with van der Waals surface area (Å²) in [6.45, 7) is 5.36. The molecule has 0 aromatic carbocycles. The third kappa shape index (κ3) is 5.88. The third-order valence-electron chi connectivity index (χ3n) is 1.60. The number of amides is 2. The number of esters is 1. The first-order valence-corrected chi connectivity index (χ1v) is 5.53. The van der Waals surface area contributed by atoms with Crippen molar-refractivity contribution < 1.29 is 28.6 Å². The summed E-state index contributed by atoms with van der Waals surface area (Å²) in [5.74, 6) is -1.80. The normalized spacial score (nSPS) is 10.5. The number of alkyl carbamates (subject to hydrolysis) is 1. The van der Waals surface area contributed by atoms with Crippen LogP contribution in [0.15, 0.2) is 11.8 Å². The first-order valence-electron chi connectivity index (χ1n) is 5.53. The van der Waals surface area contributed by atoms with Gasteiger partial charge in [0.15, 0.2) is 5.57 Å². The number of carbonyl (C=O) groups excluding carboxylic acids is 3. The molecule has 0 saturated carbocycles. The molecule has 0 radical (unpaired) electrons. The van der Waals surface area contributed by atoms with E-state index in [2.05, 4.69) is 9.47 Å². The molecule has 0 fully saturated rings. The summed E-state index contributed by atoms with van der Waals surface area (Å²) >= 11 is 0. The molecule has 0 atom stereocenters. The molecule has 7 nitrogen and oxygen atoms in total. The predicted molar refractivity (Wildman–Crippen MR) is 61.5 cm³/mol. The van der Waals surface area contributed by atoms with Crippen LogP contribution in [0.2, 0.25) is 0 Å². The van der Waals surface area contributed by atoms with Crippen molar-refractivity contribution in [3.05, 3.63) is 11.8 Å². The van der Waals surface area contributed by atoms with Gasteiger partial charge in [0.1, 0.15) is 6.26 Å². The Morgan fingerprint density at radius 3 is 2.11 bits per heavy atom. The summed E-state index contributed by atoms with van der Waals surface area (Å²) in [7, 11) is 0. The van der Waals surface area contributed by atoms with Gasteiger partial charge < -0.3 is 14.2 Å². The lowest BCUT2D eigenvalue weighted by atomic mass is 10.3. The molecule has 7 heteroatoms. The molecule has 18 heavy (non-hydrogen) atoms. The maximum atomic E-state index is 11.6. The second kappa shape index (κ2) is 9.03. The number of imide groups is 1. The summed E-state index contributed by atoms with van der Waals surface area (Å²) in [4.78, 5) is 34.1. The number of nitrogens with one attached hydrogen (secondary N) is 1. The molecule has 1 N–H and O–H groups in total. The van der Waals surface area contributed by atoms with Crippen molar-refractivity contribution in [3.63, 3.8) is 0 Å². The van der Waals surface area contributed by atoms with Gasteiger partial charge in [-0.2, -0.15) is 0 Å². The molecular weight excluding hydrogens is 242 g/mol. The van der Waals surface area contributed by atoms with Gasteiger partial charge in [0.05, 0.1) is 19.8 Å². The molecule has 0 heterocycles. The largest absolute Gasteiger partial charge is 0.500 e. The fraction of sp³-hybridized carbons (Fsp3) is 0.545. The summed E-state index contributed by atoms with van der Waals surface area (Å²) in [6.07, 6.45) is 0.0150. The van der Waals surface area contributed by atoms with Crippen LogP contribution in [0.1, 0.15) is 20.8 Å². The maximum Gasteiger partial charge on any atom is 0.414 e. The Kier molecular flexibility index (Phi) is 8.00. The standard InChI is InChI=1S/C11H17NO6/c1-4-16-7-8(10(14)17-5-2)9(13)12-11(15)18-6-3/h7H,4-6H2,1-3H3,(H,12,13,15)/b8-7-. The predicted octanol–water partition coefficient (Wildman–Crippen LogP) is 0.743. The lowest BCUT2D eigenvalue weighted by molar-refractivity contribution is -0.140. The highest BCUT2D eigenvalue weighted by Crippen LogP contribution is 2.00. The van der Waals surface area contributed by atoms with Crippen LogP contribution in [-0.4, -0.2) is 37.8 Å². The highest BCUT2D eigenvalue weighted by atomic mass is 16.6. The molecule has 0 aliphatic heterocycles. The molecule has 0 aliphatic rings. The van der Waals surface area contributed by atoms with Crippen LogP contribution in [0.4, 0.5) is 4.79 Å². The topological polar surface area (TPSA) is 90.9 Å². The first kappa shape index (κ1) is 16.0. The summed E-state index contributed by atoms with van der Waals surface area (Å²) in [5.41, 5.74) is -0.397. The van der Waals surface area contributed by atoms with E-state index in [1.807, 2.05) is 5.32 Å². The minimum absolute atomic E-state index is 0.106. The minimum atomic E-state index is -0.936. The monoisotopic (exact) mass is 259 g/mol. The van der Waals surface area contributed by atoms with Gasteiger partial charge in [0.2, 0.25) is 0 Å². The molecule has 102 valence electrons. The molecule has 0 bridgehead atoms. The number of ether oxygens (including phenoxy) is 3. The van der Waals surface area contributed by atoms with E-state index in [9.17, 15) is 14.4 Å². The van der Waals surface area contributed by atoms with Crippen molar-refractivity contribution in [2.24, 2.45) is 0 Å². The van der Waals surface area contributed by atoms with E-state index in [1.54, 1.807) is 20.8 Å². The molecular formula is C11H17NO6. The summed E-state index contributed by atoms with van der Waals surface area (Å²) in [5, 5.41) is 1.88. The highest BCUT2D eigenvalue weighted by Gasteiger charge is 2.22. The Bertz CT molecular complexity index is 336. The van der Waals surface area contributed by atoms with Crippen LogP contribution in [-0.2, 0) is 23.8 Å². The van der Waals surface area contributed by atoms with Crippen molar-refractivity contribution in [2.45, 2.75) is 20.8 Å². The number of hydrogen-bond acceptors (Lipinski definition) is 6. The van der Waals surface area contributed by atoms with Crippen molar-refractivity contribution in [3.8, 4) is 0 Å². The van der Waals surface area contributed by atoms with Gasteiger partial charge in [-0.1, -0.05) is 0 Å².